The zero-order valence-corrected chi connectivity index (χ0v) is 11.2. The molecule has 0 amide bonds. The average molecular weight is 250 g/mol. The molecule has 4 heteroatoms. The van der Waals surface area contributed by atoms with Gasteiger partial charge in [-0.25, -0.2) is 0 Å². The lowest BCUT2D eigenvalue weighted by atomic mass is 10.1. The van der Waals surface area contributed by atoms with E-state index in [1.165, 1.54) is 25.7 Å². The van der Waals surface area contributed by atoms with Gasteiger partial charge in [0.2, 0.25) is 0 Å². The van der Waals surface area contributed by atoms with Crippen LogP contribution < -0.4 is 5.32 Å². The molecule has 0 unspecified atom stereocenters. The summed E-state index contributed by atoms with van der Waals surface area (Å²) in [7, 11) is 0. The van der Waals surface area contributed by atoms with E-state index in [4.69, 9.17) is 0 Å². The fraction of sp³-hybridized carbons (Fsp3) is 0.571. The predicted octanol–water partition coefficient (Wildman–Crippen LogP) is 3.65. The van der Waals surface area contributed by atoms with E-state index >= 15 is 0 Å². The molecule has 0 heterocycles. The lowest BCUT2D eigenvalue weighted by molar-refractivity contribution is -0.384. The SMILES string of the molecule is CCCC(CCC)NCc1ccc([N+](=O)[O-])cc1. The van der Waals surface area contributed by atoms with E-state index < -0.39 is 0 Å². The van der Waals surface area contributed by atoms with Crippen LogP contribution in [0.4, 0.5) is 5.69 Å². The summed E-state index contributed by atoms with van der Waals surface area (Å²) < 4.78 is 0. The zero-order valence-electron chi connectivity index (χ0n) is 11.2. The molecule has 0 radical (unpaired) electrons. The summed E-state index contributed by atoms with van der Waals surface area (Å²) in [5.74, 6) is 0. The Morgan fingerprint density at radius 2 is 1.72 bits per heavy atom. The highest BCUT2D eigenvalue weighted by molar-refractivity contribution is 5.32. The van der Waals surface area contributed by atoms with Crippen molar-refractivity contribution in [2.45, 2.75) is 52.1 Å². The first-order valence-electron chi connectivity index (χ1n) is 6.64. The third-order valence-electron chi connectivity index (χ3n) is 3.02. The van der Waals surface area contributed by atoms with E-state index in [1.54, 1.807) is 12.1 Å². The van der Waals surface area contributed by atoms with Crippen molar-refractivity contribution in [2.75, 3.05) is 0 Å². The van der Waals surface area contributed by atoms with E-state index in [9.17, 15) is 10.1 Å². The van der Waals surface area contributed by atoms with Crippen molar-refractivity contribution in [2.24, 2.45) is 0 Å². The Kier molecular flexibility index (Phi) is 6.36. The van der Waals surface area contributed by atoms with Gasteiger partial charge in [-0.3, -0.25) is 10.1 Å². The Labute approximate surface area is 109 Å². The maximum atomic E-state index is 10.5. The van der Waals surface area contributed by atoms with Crippen LogP contribution in [0, 0.1) is 10.1 Å². The number of nitro benzene ring substituents is 1. The smallest absolute Gasteiger partial charge is 0.269 e. The number of non-ortho nitro benzene ring substituents is 1. The fourth-order valence-corrected chi connectivity index (χ4v) is 2.04. The molecule has 0 saturated carbocycles. The molecule has 4 nitrogen and oxygen atoms in total. The van der Waals surface area contributed by atoms with Crippen LogP contribution in [0.1, 0.15) is 45.1 Å². The van der Waals surface area contributed by atoms with Crippen LogP contribution in [0.2, 0.25) is 0 Å². The minimum absolute atomic E-state index is 0.150. The lowest BCUT2D eigenvalue weighted by Crippen LogP contribution is -2.28. The summed E-state index contributed by atoms with van der Waals surface area (Å²) in [4.78, 5) is 10.2. The highest BCUT2D eigenvalue weighted by atomic mass is 16.6. The first kappa shape index (κ1) is 14.6. The molecule has 1 rings (SSSR count). The Bertz CT molecular complexity index is 357. The van der Waals surface area contributed by atoms with Gasteiger partial charge in [0.05, 0.1) is 4.92 Å². The van der Waals surface area contributed by atoms with Crippen molar-refractivity contribution in [3.05, 3.63) is 39.9 Å². The van der Waals surface area contributed by atoms with Gasteiger partial charge < -0.3 is 5.32 Å². The molecule has 1 aromatic rings. The quantitative estimate of drug-likeness (QED) is 0.566. The Morgan fingerprint density at radius 1 is 1.17 bits per heavy atom. The molecule has 0 atom stereocenters. The molecule has 0 spiro atoms. The second-order valence-electron chi connectivity index (χ2n) is 4.58. The minimum Gasteiger partial charge on any atom is -0.310 e. The minimum atomic E-state index is -0.367. The van der Waals surface area contributed by atoms with Gasteiger partial charge >= 0.3 is 0 Å². The summed E-state index contributed by atoms with van der Waals surface area (Å²) >= 11 is 0. The first-order chi connectivity index (χ1) is 8.67. The lowest BCUT2D eigenvalue weighted by Gasteiger charge is -2.17. The van der Waals surface area contributed by atoms with Crippen LogP contribution in [0.5, 0.6) is 0 Å². The molecule has 18 heavy (non-hydrogen) atoms. The third-order valence-corrected chi connectivity index (χ3v) is 3.02. The fourth-order valence-electron chi connectivity index (χ4n) is 2.04. The van der Waals surface area contributed by atoms with Gasteiger partial charge in [0.1, 0.15) is 0 Å². The van der Waals surface area contributed by atoms with Crippen molar-refractivity contribution in [3.8, 4) is 0 Å². The van der Waals surface area contributed by atoms with E-state index in [2.05, 4.69) is 19.2 Å². The van der Waals surface area contributed by atoms with Gasteiger partial charge in [0.25, 0.3) is 5.69 Å². The molecule has 0 saturated heterocycles. The van der Waals surface area contributed by atoms with Crippen molar-refractivity contribution in [1.29, 1.82) is 0 Å². The van der Waals surface area contributed by atoms with Crippen molar-refractivity contribution in [3.63, 3.8) is 0 Å². The van der Waals surface area contributed by atoms with Gasteiger partial charge in [-0.05, 0) is 18.4 Å². The third kappa shape index (κ3) is 4.84. The Hall–Kier alpha value is -1.42. The van der Waals surface area contributed by atoms with Crippen LogP contribution in [0.15, 0.2) is 24.3 Å². The molecular formula is C14H22N2O2. The monoisotopic (exact) mass is 250 g/mol. The molecule has 0 fully saturated rings. The average Bonchev–Trinajstić information content (AvgIpc) is 2.37. The molecule has 1 aromatic carbocycles. The predicted molar refractivity (Wildman–Crippen MR) is 73.5 cm³/mol. The highest BCUT2D eigenvalue weighted by Gasteiger charge is 2.07. The van der Waals surface area contributed by atoms with Crippen molar-refractivity contribution < 1.29 is 4.92 Å². The van der Waals surface area contributed by atoms with Gasteiger partial charge in [-0.1, -0.05) is 38.8 Å². The summed E-state index contributed by atoms with van der Waals surface area (Å²) in [6, 6.07) is 7.31. The standard InChI is InChI=1S/C14H22N2O2/c1-3-5-13(6-4-2)15-11-12-7-9-14(10-8-12)16(17)18/h7-10,13,15H,3-6,11H2,1-2H3. The van der Waals surface area contributed by atoms with E-state index in [0.29, 0.717) is 6.04 Å². The number of hydrogen-bond acceptors (Lipinski definition) is 3. The van der Waals surface area contributed by atoms with E-state index in [-0.39, 0.29) is 10.6 Å². The zero-order chi connectivity index (χ0) is 13.4. The number of benzene rings is 1. The second-order valence-corrected chi connectivity index (χ2v) is 4.58. The molecule has 1 N–H and O–H groups in total. The number of rotatable bonds is 8. The second kappa shape index (κ2) is 7.82. The maximum absolute atomic E-state index is 10.5. The summed E-state index contributed by atoms with van der Waals surface area (Å²) in [6.07, 6.45) is 4.72. The van der Waals surface area contributed by atoms with E-state index in [0.717, 1.165) is 12.1 Å². The largest absolute Gasteiger partial charge is 0.310 e. The number of nitrogens with zero attached hydrogens (tertiary/aromatic N) is 1. The molecule has 0 aliphatic rings. The van der Waals surface area contributed by atoms with Crippen molar-refractivity contribution >= 4 is 5.69 Å². The summed E-state index contributed by atoms with van der Waals surface area (Å²) in [6.45, 7) is 5.16. The Balaban J connectivity index is 2.48. The van der Waals surface area contributed by atoms with Crippen LogP contribution in [-0.2, 0) is 6.54 Å². The van der Waals surface area contributed by atoms with Crippen molar-refractivity contribution in [1.82, 2.24) is 5.32 Å². The van der Waals surface area contributed by atoms with Crippen LogP contribution in [-0.4, -0.2) is 11.0 Å². The number of hydrogen-bond donors (Lipinski definition) is 1. The molecule has 0 aliphatic carbocycles. The van der Waals surface area contributed by atoms with Gasteiger partial charge in [0.15, 0.2) is 0 Å². The van der Waals surface area contributed by atoms with Crippen LogP contribution in [0.25, 0.3) is 0 Å². The summed E-state index contributed by atoms with van der Waals surface area (Å²) in [5.41, 5.74) is 1.25. The van der Waals surface area contributed by atoms with E-state index in [1.807, 2.05) is 12.1 Å². The molecule has 0 aromatic heterocycles. The molecule has 100 valence electrons. The normalized spacial score (nSPS) is 10.8. The number of nitro groups is 1. The van der Waals surface area contributed by atoms with Crippen LogP contribution >= 0.6 is 0 Å². The maximum Gasteiger partial charge on any atom is 0.269 e. The summed E-state index contributed by atoms with van der Waals surface area (Å²) in [5, 5.41) is 14.1. The number of nitrogens with one attached hydrogen (secondary N) is 1. The van der Waals surface area contributed by atoms with Gasteiger partial charge in [-0.2, -0.15) is 0 Å². The molecular weight excluding hydrogens is 228 g/mol. The molecule has 0 bridgehead atoms. The first-order valence-corrected chi connectivity index (χ1v) is 6.64. The molecule has 0 aliphatic heterocycles. The van der Waals surface area contributed by atoms with Gasteiger partial charge in [0, 0.05) is 24.7 Å². The topological polar surface area (TPSA) is 55.2 Å². The highest BCUT2D eigenvalue weighted by Crippen LogP contribution is 2.12. The van der Waals surface area contributed by atoms with Crippen LogP contribution in [0.3, 0.4) is 0 Å². The van der Waals surface area contributed by atoms with Gasteiger partial charge in [-0.15, -0.1) is 0 Å². The Morgan fingerprint density at radius 3 is 2.17 bits per heavy atom.